The van der Waals surface area contributed by atoms with E-state index in [4.69, 9.17) is 5.11 Å². The van der Waals surface area contributed by atoms with Crippen LogP contribution in [0.3, 0.4) is 0 Å². The number of hydrogen-bond acceptors (Lipinski definition) is 2. The van der Waals surface area contributed by atoms with Gasteiger partial charge in [-0.15, -0.1) is 0 Å². The van der Waals surface area contributed by atoms with Gasteiger partial charge in [0.25, 0.3) is 5.91 Å². The second-order valence-electron chi connectivity index (χ2n) is 2.75. The molecule has 1 rings (SSSR count). The van der Waals surface area contributed by atoms with Gasteiger partial charge in [0.1, 0.15) is 5.75 Å². The van der Waals surface area contributed by atoms with Gasteiger partial charge in [-0.25, -0.2) is 0 Å². The highest BCUT2D eigenvalue weighted by atomic mass is 16.3. The Morgan fingerprint density at radius 2 is 1.57 bits per heavy atom. The lowest BCUT2D eigenvalue weighted by atomic mass is 10.2. The topological polar surface area (TPSA) is 40.5 Å². The molecule has 0 bridgehead atoms. The minimum atomic E-state index is -0.0602. The SMILES string of the molecule is CC.CN(C)C(=O)c1ccc(O)cc1. The summed E-state index contributed by atoms with van der Waals surface area (Å²) in [7, 11) is 3.38. The van der Waals surface area contributed by atoms with Crippen molar-refractivity contribution in [1.29, 1.82) is 0 Å². The van der Waals surface area contributed by atoms with Crippen LogP contribution in [0, 0.1) is 0 Å². The number of carbonyl (C=O) groups is 1. The Morgan fingerprint density at radius 3 is 1.93 bits per heavy atom. The van der Waals surface area contributed by atoms with Crippen molar-refractivity contribution < 1.29 is 9.90 Å². The van der Waals surface area contributed by atoms with Crippen LogP contribution in [0.4, 0.5) is 0 Å². The van der Waals surface area contributed by atoms with Gasteiger partial charge in [0.2, 0.25) is 0 Å². The average Bonchev–Trinajstić information content (AvgIpc) is 2.21. The van der Waals surface area contributed by atoms with Crippen molar-refractivity contribution in [3.8, 4) is 5.75 Å². The summed E-state index contributed by atoms with van der Waals surface area (Å²) >= 11 is 0. The molecule has 1 aromatic carbocycles. The third-order valence-corrected chi connectivity index (χ3v) is 1.52. The Morgan fingerprint density at radius 1 is 1.14 bits per heavy atom. The molecule has 0 saturated carbocycles. The molecular formula is C11H17NO2. The van der Waals surface area contributed by atoms with E-state index < -0.39 is 0 Å². The van der Waals surface area contributed by atoms with Gasteiger partial charge in [-0.3, -0.25) is 4.79 Å². The maximum atomic E-state index is 11.3. The maximum absolute atomic E-state index is 11.3. The van der Waals surface area contributed by atoms with Gasteiger partial charge in [0, 0.05) is 19.7 Å². The highest BCUT2D eigenvalue weighted by Crippen LogP contribution is 2.10. The van der Waals surface area contributed by atoms with Gasteiger partial charge in [-0.05, 0) is 24.3 Å². The van der Waals surface area contributed by atoms with E-state index in [0.29, 0.717) is 5.56 Å². The lowest BCUT2D eigenvalue weighted by molar-refractivity contribution is 0.0827. The number of hydrogen-bond donors (Lipinski definition) is 1. The zero-order chi connectivity index (χ0) is 11.1. The number of rotatable bonds is 1. The van der Waals surface area contributed by atoms with E-state index in [0.717, 1.165) is 0 Å². The zero-order valence-electron chi connectivity index (χ0n) is 9.11. The molecule has 0 radical (unpaired) electrons. The van der Waals surface area contributed by atoms with Crippen LogP contribution >= 0.6 is 0 Å². The summed E-state index contributed by atoms with van der Waals surface area (Å²) in [5, 5.41) is 8.95. The van der Waals surface area contributed by atoms with E-state index in [1.807, 2.05) is 13.8 Å². The first-order chi connectivity index (χ1) is 6.61. The smallest absolute Gasteiger partial charge is 0.253 e. The molecule has 0 saturated heterocycles. The monoisotopic (exact) mass is 195 g/mol. The molecule has 0 spiro atoms. The second kappa shape index (κ2) is 6.02. The standard InChI is InChI=1S/C9H11NO2.C2H6/c1-10(2)9(12)7-3-5-8(11)6-4-7;1-2/h3-6,11H,1-2H3;1-2H3. The second-order valence-corrected chi connectivity index (χ2v) is 2.75. The van der Waals surface area contributed by atoms with Crippen molar-refractivity contribution in [2.24, 2.45) is 0 Å². The van der Waals surface area contributed by atoms with Crippen molar-refractivity contribution in [3.63, 3.8) is 0 Å². The first kappa shape index (κ1) is 12.5. The minimum Gasteiger partial charge on any atom is -0.508 e. The number of nitrogens with zero attached hydrogens (tertiary/aromatic N) is 1. The van der Waals surface area contributed by atoms with Crippen LogP contribution in [0.15, 0.2) is 24.3 Å². The van der Waals surface area contributed by atoms with Crippen molar-refractivity contribution in [1.82, 2.24) is 4.90 Å². The molecule has 1 aromatic rings. The summed E-state index contributed by atoms with van der Waals surface area (Å²) in [6, 6.07) is 6.18. The van der Waals surface area contributed by atoms with Crippen LogP contribution in [-0.4, -0.2) is 30.0 Å². The van der Waals surface area contributed by atoms with Gasteiger partial charge in [-0.1, -0.05) is 13.8 Å². The van der Waals surface area contributed by atoms with Crippen LogP contribution in [-0.2, 0) is 0 Å². The fraction of sp³-hybridized carbons (Fsp3) is 0.364. The average molecular weight is 195 g/mol. The molecule has 3 heteroatoms. The van der Waals surface area contributed by atoms with Crippen LogP contribution in [0.5, 0.6) is 5.75 Å². The summed E-state index contributed by atoms with van der Waals surface area (Å²) in [4.78, 5) is 12.8. The van der Waals surface area contributed by atoms with Gasteiger partial charge >= 0.3 is 0 Å². The number of phenolic OH excluding ortho intramolecular Hbond substituents is 1. The Kier molecular flexibility index (Phi) is 5.37. The van der Waals surface area contributed by atoms with Gasteiger partial charge in [0.05, 0.1) is 0 Å². The molecule has 3 nitrogen and oxygen atoms in total. The summed E-state index contributed by atoms with van der Waals surface area (Å²) in [6.45, 7) is 4.00. The number of benzene rings is 1. The summed E-state index contributed by atoms with van der Waals surface area (Å²) in [6.07, 6.45) is 0. The van der Waals surface area contributed by atoms with E-state index in [-0.39, 0.29) is 11.7 Å². The molecule has 78 valence electrons. The molecule has 0 atom stereocenters. The molecule has 1 N–H and O–H groups in total. The Labute approximate surface area is 85.0 Å². The molecular weight excluding hydrogens is 178 g/mol. The first-order valence-corrected chi connectivity index (χ1v) is 4.62. The lowest BCUT2D eigenvalue weighted by Gasteiger charge is -2.09. The Bertz CT molecular complexity index is 278. The van der Waals surface area contributed by atoms with Gasteiger partial charge < -0.3 is 10.0 Å². The molecule has 0 aliphatic carbocycles. The van der Waals surface area contributed by atoms with Crippen LogP contribution in [0.2, 0.25) is 0 Å². The van der Waals surface area contributed by atoms with Crippen molar-refractivity contribution in [3.05, 3.63) is 29.8 Å². The van der Waals surface area contributed by atoms with Crippen molar-refractivity contribution in [2.75, 3.05) is 14.1 Å². The highest BCUT2D eigenvalue weighted by molar-refractivity contribution is 5.93. The lowest BCUT2D eigenvalue weighted by Crippen LogP contribution is -2.21. The van der Waals surface area contributed by atoms with Gasteiger partial charge in [0.15, 0.2) is 0 Å². The van der Waals surface area contributed by atoms with E-state index >= 15 is 0 Å². The molecule has 0 heterocycles. The van der Waals surface area contributed by atoms with Gasteiger partial charge in [-0.2, -0.15) is 0 Å². The van der Waals surface area contributed by atoms with E-state index in [1.54, 1.807) is 26.2 Å². The summed E-state index contributed by atoms with van der Waals surface area (Å²) in [5.74, 6) is 0.111. The van der Waals surface area contributed by atoms with Crippen molar-refractivity contribution >= 4 is 5.91 Å². The third kappa shape index (κ3) is 3.47. The molecule has 1 amide bonds. The first-order valence-electron chi connectivity index (χ1n) is 4.62. The minimum absolute atomic E-state index is 0.0602. The number of carbonyl (C=O) groups excluding carboxylic acids is 1. The highest BCUT2D eigenvalue weighted by Gasteiger charge is 2.06. The van der Waals surface area contributed by atoms with E-state index in [1.165, 1.54) is 17.0 Å². The largest absolute Gasteiger partial charge is 0.508 e. The Hall–Kier alpha value is -1.51. The normalized spacial score (nSPS) is 8.57. The quantitative estimate of drug-likeness (QED) is 0.745. The summed E-state index contributed by atoms with van der Waals surface area (Å²) in [5.41, 5.74) is 0.581. The summed E-state index contributed by atoms with van der Waals surface area (Å²) < 4.78 is 0. The van der Waals surface area contributed by atoms with Crippen LogP contribution < -0.4 is 0 Å². The predicted octanol–water partition coefficient (Wildman–Crippen LogP) is 2.12. The van der Waals surface area contributed by atoms with Crippen LogP contribution in [0.25, 0.3) is 0 Å². The number of phenols is 1. The zero-order valence-corrected chi connectivity index (χ0v) is 9.11. The van der Waals surface area contributed by atoms with Crippen LogP contribution in [0.1, 0.15) is 24.2 Å². The molecule has 0 aliphatic rings. The molecule has 0 fully saturated rings. The fourth-order valence-electron chi connectivity index (χ4n) is 0.862. The number of aromatic hydroxyl groups is 1. The third-order valence-electron chi connectivity index (χ3n) is 1.52. The predicted molar refractivity (Wildman–Crippen MR) is 57.5 cm³/mol. The molecule has 0 aliphatic heterocycles. The number of amides is 1. The van der Waals surface area contributed by atoms with Crippen molar-refractivity contribution in [2.45, 2.75) is 13.8 Å². The van der Waals surface area contributed by atoms with E-state index in [9.17, 15) is 4.79 Å². The maximum Gasteiger partial charge on any atom is 0.253 e. The molecule has 0 aromatic heterocycles. The molecule has 0 unspecified atom stereocenters. The molecule has 14 heavy (non-hydrogen) atoms. The Balaban J connectivity index is 0.000000791. The van der Waals surface area contributed by atoms with E-state index in [2.05, 4.69) is 0 Å². The fourth-order valence-corrected chi connectivity index (χ4v) is 0.862.